The van der Waals surface area contributed by atoms with Crippen LogP contribution < -0.4 is 10.5 Å². The Bertz CT molecular complexity index is 362. The van der Waals surface area contributed by atoms with Crippen molar-refractivity contribution in [2.75, 3.05) is 12.3 Å². The molecular formula is C9H13N2O2S. The summed E-state index contributed by atoms with van der Waals surface area (Å²) in [6.45, 7) is 0.188. The van der Waals surface area contributed by atoms with E-state index in [2.05, 4.69) is 4.72 Å². The van der Waals surface area contributed by atoms with Gasteiger partial charge in [-0.05, 0) is 5.56 Å². The summed E-state index contributed by atoms with van der Waals surface area (Å²) in [5, 5.41) is 0. The molecule has 0 fully saturated rings. The van der Waals surface area contributed by atoms with E-state index in [0.29, 0.717) is 6.54 Å². The molecule has 0 aliphatic rings. The molecule has 0 atom stereocenters. The maximum atomic E-state index is 11.2. The van der Waals surface area contributed by atoms with Crippen LogP contribution in [0, 0.1) is 0 Å². The number of hydrogen-bond donors (Lipinski definition) is 1. The van der Waals surface area contributed by atoms with Gasteiger partial charge in [-0.1, -0.05) is 30.3 Å². The molecule has 0 amide bonds. The molecule has 0 aliphatic heterocycles. The van der Waals surface area contributed by atoms with Crippen molar-refractivity contribution in [1.29, 1.82) is 0 Å². The molecule has 0 aromatic heterocycles. The standard InChI is InChI=1S/C9H13N2O2S/c10-6-7-14(12,13)11-8-9-4-2-1-3-5-9/h1-5,10-11H,6-8H2. The van der Waals surface area contributed by atoms with Crippen LogP contribution in [0.2, 0.25) is 0 Å². The minimum atomic E-state index is -3.27. The molecule has 5 heteroatoms. The highest BCUT2D eigenvalue weighted by Gasteiger charge is 2.07. The summed E-state index contributed by atoms with van der Waals surface area (Å²) >= 11 is 0. The first-order valence-electron chi connectivity index (χ1n) is 4.30. The first kappa shape index (κ1) is 11.2. The number of benzene rings is 1. The summed E-state index contributed by atoms with van der Waals surface area (Å²) in [4.78, 5) is 0. The topological polar surface area (TPSA) is 70.0 Å². The summed E-state index contributed by atoms with van der Waals surface area (Å²) < 4.78 is 24.8. The van der Waals surface area contributed by atoms with Crippen molar-refractivity contribution < 1.29 is 8.42 Å². The fourth-order valence-electron chi connectivity index (χ4n) is 0.996. The minimum Gasteiger partial charge on any atom is -0.257 e. The normalized spacial score (nSPS) is 11.5. The average Bonchev–Trinajstić information content (AvgIpc) is 2.17. The van der Waals surface area contributed by atoms with Gasteiger partial charge in [0, 0.05) is 13.1 Å². The van der Waals surface area contributed by atoms with Gasteiger partial charge in [0.1, 0.15) is 0 Å². The lowest BCUT2D eigenvalue weighted by Crippen LogP contribution is -2.27. The van der Waals surface area contributed by atoms with E-state index in [1.807, 2.05) is 30.3 Å². The highest BCUT2D eigenvalue weighted by atomic mass is 32.2. The molecule has 1 aromatic rings. The first-order valence-corrected chi connectivity index (χ1v) is 5.95. The maximum Gasteiger partial charge on any atom is 0.213 e. The van der Waals surface area contributed by atoms with Gasteiger partial charge in [0.05, 0.1) is 5.75 Å². The average molecular weight is 213 g/mol. The number of hydrogen-bond acceptors (Lipinski definition) is 2. The lowest BCUT2D eigenvalue weighted by Gasteiger charge is -2.04. The van der Waals surface area contributed by atoms with Crippen molar-refractivity contribution in [3.8, 4) is 0 Å². The lowest BCUT2D eigenvalue weighted by molar-refractivity contribution is 0.581. The molecule has 1 radical (unpaired) electrons. The van der Waals surface area contributed by atoms with Crippen molar-refractivity contribution in [1.82, 2.24) is 10.5 Å². The predicted octanol–water partition coefficient (Wildman–Crippen LogP) is 0.389. The van der Waals surface area contributed by atoms with Crippen molar-refractivity contribution in [3.05, 3.63) is 35.9 Å². The quantitative estimate of drug-likeness (QED) is 0.768. The van der Waals surface area contributed by atoms with Gasteiger partial charge in [-0.3, -0.25) is 5.73 Å². The van der Waals surface area contributed by atoms with Crippen LogP contribution in [0.25, 0.3) is 0 Å². The first-order chi connectivity index (χ1) is 6.64. The van der Waals surface area contributed by atoms with Crippen LogP contribution in [0.3, 0.4) is 0 Å². The lowest BCUT2D eigenvalue weighted by atomic mass is 10.2. The molecule has 0 bridgehead atoms. The van der Waals surface area contributed by atoms with Crippen LogP contribution in [0.4, 0.5) is 0 Å². The van der Waals surface area contributed by atoms with E-state index in [-0.39, 0.29) is 12.3 Å². The molecule has 0 heterocycles. The maximum absolute atomic E-state index is 11.2. The van der Waals surface area contributed by atoms with E-state index in [1.54, 1.807) is 0 Å². The molecule has 0 unspecified atom stereocenters. The van der Waals surface area contributed by atoms with Gasteiger partial charge in [-0.15, -0.1) is 0 Å². The Labute approximate surface area is 84.2 Å². The summed E-state index contributed by atoms with van der Waals surface area (Å²) in [5.41, 5.74) is 7.74. The van der Waals surface area contributed by atoms with E-state index in [4.69, 9.17) is 5.73 Å². The monoisotopic (exact) mass is 213 g/mol. The fraction of sp³-hybridized carbons (Fsp3) is 0.333. The van der Waals surface area contributed by atoms with Crippen molar-refractivity contribution in [2.24, 2.45) is 0 Å². The summed E-state index contributed by atoms with van der Waals surface area (Å²) in [7, 11) is -3.27. The van der Waals surface area contributed by atoms with Gasteiger partial charge in [0.2, 0.25) is 10.0 Å². The zero-order valence-electron chi connectivity index (χ0n) is 7.73. The molecule has 0 saturated heterocycles. The van der Waals surface area contributed by atoms with Gasteiger partial charge in [0.25, 0.3) is 0 Å². The van der Waals surface area contributed by atoms with Gasteiger partial charge in [0.15, 0.2) is 0 Å². The summed E-state index contributed by atoms with van der Waals surface area (Å²) in [6, 6.07) is 9.29. The van der Waals surface area contributed by atoms with E-state index in [9.17, 15) is 8.42 Å². The van der Waals surface area contributed by atoms with Crippen LogP contribution in [-0.2, 0) is 16.6 Å². The van der Waals surface area contributed by atoms with Gasteiger partial charge < -0.3 is 0 Å². The zero-order chi connectivity index (χ0) is 10.4. The Morgan fingerprint density at radius 1 is 1.21 bits per heavy atom. The Morgan fingerprint density at radius 2 is 1.86 bits per heavy atom. The van der Waals surface area contributed by atoms with Gasteiger partial charge >= 0.3 is 0 Å². The summed E-state index contributed by atoms with van der Waals surface area (Å²) in [6.07, 6.45) is 0. The molecule has 77 valence electrons. The van der Waals surface area contributed by atoms with Crippen molar-refractivity contribution >= 4 is 10.0 Å². The van der Waals surface area contributed by atoms with Crippen LogP contribution in [0.1, 0.15) is 5.56 Å². The second-order valence-electron chi connectivity index (χ2n) is 2.88. The highest BCUT2D eigenvalue weighted by molar-refractivity contribution is 7.89. The fourth-order valence-corrected chi connectivity index (χ4v) is 1.80. The van der Waals surface area contributed by atoms with Crippen molar-refractivity contribution in [3.63, 3.8) is 0 Å². The Kier molecular flexibility index (Phi) is 4.06. The molecule has 0 aliphatic carbocycles. The third-order valence-corrected chi connectivity index (χ3v) is 3.04. The summed E-state index contributed by atoms with van der Waals surface area (Å²) in [5.74, 6) is -0.139. The van der Waals surface area contributed by atoms with E-state index < -0.39 is 10.0 Å². The minimum absolute atomic E-state index is 0.107. The largest absolute Gasteiger partial charge is 0.257 e. The Hall–Kier alpha value is -0.910. The smallest absolute Gasteiger partial charge is 0.213 e. The third-order valence-electron chi connectivity index (χ3n) is 1.71. The second kappa shape index (κ2) is 5.09. The Balaban J connectivity index is 2.49. The van der Waals surface area contributed by atoms with Crippen LogP contribution >= 0.6 is 0 Å². The third kappa shape index (κ3) is 3.87. The van der Waals surface area contributed by atoms with Crippen LogP contribution in [0.15, 0.2) is 30.3 Å². The Morgan fingerprint density at radius 3 is 2.43 bits per heavy atom. The van der Waals surface area contributed by atoms with Crippen LogP contribution in [-0.4, -0.2) is 20.7 Å². The molecular weight excluding hydrogens is 200 g/mol. The zero-order valence-corrected chi connectivity index (χ0v) is 8.55. The molecule has 4 nitrogen and oxygen atoms in total. The molecule has 0 saturated carbocycles. The number of sulfonamides is 1. The molecule has 1 rings (SSSR count). The van der Waals surface area contributed by atoms with E-state index in [0.717, 1.165) is 5.56 Å². The molecule has 2 N–H and O–H groups in total. The van der Waals surface area contributed by atoms with Gasteiger partial charge in [-0.25, -0.2) is 13.1 Å². The number of rotatable bonds is 5. The molecule has 0 spiro atoms. The number of nitrogens with one attached hydrogen (secondary N) is 2. The molecule has 14 heavy (non-hydrogen) atoms. The highest BCUT2D eigenvalue weighted by Crippen LogP contribution is 1.98. The SMILES string of the molecule is [NH]CCS(=O)(=O)NCc1ccccc1. The molecule has 1 aromatic carbocycles. The van der Waals surface area contributed by atoms with E-state index in [1.165, 1.54) is 0 Å². The van der Waals surface area contributed by atoms with Crippen molar-refractivity contribution in [2.45, 2.75) is 6.54 Å². The van der Waals surface area contributed by atoms with E-state index >= 15 is 0 Å². The van der Waals surface area contributed by atoms with Gasteiger partial charge in [-0.2, -0.15) is 0 Å². The second-order valence-corrected chi connectivity index (χ2v) is 4.80. The predicted molar refractivity (Wildman–Crippen MR) is 55.0 cm³/mol. The van der Waals surface area contributed by atoms with Crippen LogP contribution in [0.5, 0.6) is 0 Å².